The largest absolute Gasteiger partial charge is 0.198 e. The molecule has 0 aliphatic heterocycles. The third kappa shape index (κ3) is 2.59. The lowest BCUT2D eigenvalue weighted by Gasteiger charge is -2.12. The van der Waals surface area contributed by atoms with Gasteiger partial charge in [0.05, 0.1) is 12.0 Å². The van der Waals surface area contributed by atoms with Crippen molar-refractivity contribution in [1.29, 1.82) is 5.26 Å². The van der Waals surface area contributed by atoms with Gasteiger partial charge in [0.25, 0.3) is 0 Å². The standard InChI is InChI=1S/C10H8Br3N/c1-2-6(5-14)10-8(12)3-7(11)4-9(10)13/h3-4,6H,2H2,1H3. The molecule has 0 aliphatic rings. The Kier molecular flexibility index (Phi) is 4.62. The zero-order chi connectivity index (χ0) is 10.7. The van der Waals surface area contributed by atoms with E-state index in [9.17, 15) is 0 Å². The van der Waals surface area contributed by atoms with E-state index < -0.39 is 0 Å². The smallest absolute Gasteiger partial charge is 0.0732 e. The van der Waals surface area contributed by atoms with E-state index in [-0.39, 0.29) is 5.92 Å². The monoisotopic (exact) mass is 379 g/mol. The number of nitrogens with zero attached hydrogens (tertiary/aromatic N) is 1. The first-order valence-corrected chi connectivity index (χ1v) is 6.52. The van der Waals surface area contributed by atoms with Gasteiger partial charge >= 0.3 is 0 Å². The summed E-state index contributed by atoms with van der Waals surface area (Å²) in [5, 5.41) is 8.99. The van der Waals surface area contributed by atoms with Crippen molar-refractivity contribution in [3.8, 4) is 6.07 Å². The third-order valence-electron chi connectivity index (χ3n) is 1.96. The second-order valence-corrected chi connectivity index (χ2v) is 5.50. The summed E-state index contributed by atoms with van der Waals surface area (Å²) in [4.78, 5) is 0. The van der Waals surface area contributed by atoms with Crippen LogP contribution in [0.25, 0.3) is 0 Å². The molecule has 0 aliphatic carbocycles. The minimum atomic E-state index is -0.0631. The zero-order valence-electron chi connectivity index (χ0n) is 7.52. The van der Waals surface area contributed by atoms with E-state index in [2.05, 4.69) is 53.9 Å². The molecule has 1 nitrogen and oxygen atoms in total. The molecule has 1 aromatic rings. The summed E-state index contributed by atoms with van der Waals surface area (Å²) in [6.07, 6.45) is 0.815. The first kappa shape index (κ1) is 12.2. The van der Waals surface area contributed by atoms with Gasteiger partial charge in [-0.3, -0.25) is 0 Å². The number of nitriles is 1. The quantitative estimate of drug-likeness (QED) is 0.707. The van der Waals surface area contributed by atoms with Gasteiger partial charge in [0, 0.05) is 13.4 Å². The van der Waals surface area contributed by atoms with Crippen LogP contribution in [0.15, 0.2) is 25.6 Å². The Morgan fingerprint density at radius 3 is 2.14 bits per heavy atom. The van der Waals surface area contributed by atoms with Crippen LogP contribution in [-0.2, 0) is 0 Å². The molecule has 0 radical (unpaired) electrons. The Labute approximate surface area is 109 Å². The SMILES string of the molecule is CCC(C#N)c1c(Br)cc(Br)cc1Br. The van der Waals surface area contributed by atoms with E-state index in [1.54, 1.807) is 0 Å². The van der Waals surface area contributed by atoms with Crippen molar-refractivity contribution in [3.63, 3.8) is 0 Å². The highest BCUT2D eigenvalue weighted by molar-refractivity contribution is 9.11. The first-order chi connectivity index (χ1) is 6.60. The van der Waals surface area contributed by atoms with Crippen molar-refractivity contribution in [2.24, 2.45) is 0 Å². The summed E-state index contributed by atoms with van der Waals surface area (Å²) < 4.78 is 2.92. The van der Waals surface area contributed by atoms with Gasteiger partial charge in [-0.2, -0.15) is 5.26 Å². The van der Waals surface area contributed by atoms with Crippen LogP contribution in [0.3, 0.4) is 0 Å². The number of hydrogen-bond acceptors (Lipinski definition) is 1. The molecule has 0 saturated heterocycles. The van der Waals surface area contributed by atoms with Crippen LogP contribution in [0.4, 0.5) is 0 Å². The van der Waals surface area contributed by atoms with E-state index in [0.29, 0.717) is 0 Å². The fourth-order valence-corrected chi connectivity index (χ4v) is 4.06. The van der Waals surface area contributed by atoms with Gasteiger partial charge in [-0.1, -0.05) is 54.7 Å². The van der Waals surface area contributed by atoms with Crippen LogP contribution in [0, 0.1) is 11.3 Å². The molecule has 1 rings (SSSR count). The van der Waals surface area contributed by atoms with Gasteiger partial charge in [0.1, 0.15) is 0 Å². The number of hydrogen-bond donors (Lipinski definition) is 0. The molecule has 0 fully saturated rings. The van der Waals surface area contributed by atoms with Gasteiger partial charge < -0.3 is 0 Å². The molecule has 1 unspecified atom stereocenters. The Morgan fingerprint density at radius 2 is 1.79 bits per heavy atom. The molecular weight excluding hydrogens is 374 g/mol. The molecule has 0 N–H and O–H groups in total. The topological polar surface area (TPSA) is 23.8 Å². The molecule has 0 spiro atoms. The van der Waals surface area contributed by atoms with Gasteiger partial charge in [-0.25, -0.2) is 0 Å². The average Bonchev–Trinajstić information content (AvgIpc) is 2.10. The predicted octanol–water partition coefficient (Wildman–Crippen LogP) is 4.99. The molecule has 14 heavy (non-hydrogen) atoms. The minimum Gasteiger partial charge on any atom is -0.198 e. The van der Waals surface area contributed by atoms with Crippen LogP contribution in [-0.4, -0.2) is 0 Å². The third-order valence-corrected chi connectivity index (χ3v) is 3.73. The zero-order valence-corrected chi connectivity index (χ0v) is 12.3. The maximum absolute atomic E-state index is 8.99. The van der Waals surface area contributed by atoms with E-state index in [1.807, 2.05) is 19.1 Å². The number of rotatable bonds is 2. The summed E-state index contributed by atoms with van der Waals surface area (Å²) in [5.74, 6) is -0.0631. The van der Waals surface area contributed by atoms with Crippen molar-refractivity contribution in [1.82, 2.24) is 0 Å². The first-order valence-electron chi connectivity index (χ1n) is 4.14. The molecular formula is C10H8Br3N. The fraction of sp³-hybridized carbons (Fsp3) is 0.300. The highest BCUT2D eigenvalue weighted by Gasteiger charge is 2.15. The summed E-state index contributed by atoms with van der Waals surface area (Å²) >= 11 is 10.3. The molecule has 0 aromatic heterocycles. The molecule has 1 aromatic carbocycles. The maximum atomic E-state index is 8.99. The van der Waals surface area contributed by atoms with Crippen molar-refractivity contribution in [2.45, 2.75) is 19.3 Å². The summed E-state index contributed by atoms with van der Waals surface area (Å²) in [6.45, 7) is 2.01. The van der Waals surface area contributed by atoms with Crippen LogP contribution in [0.1, 0.15) is 24.8 Å². The molecule has 0 heterocycles. The predicted molar refractivity (Wildman–Crippen MR) is 68.2 cm³/mol. The summed E-state index contributed by atoms with van der Waals surface area (Å²) in [6, 6.07) is 6.21. The van der Waals surface area contributed by atoms with Crippen LogP contribution < -0.4 is 0 Å². The Bertz CT molecular complexity index is 358. The lowest BCUT2D eigenvalue weighted by Crippen LogP contribution is -1.96. The van der Waals surface area contributed by atoms with Crippen LogP contribution in [0.5, 0.6) is 0 Å². The Hall–Kier alpha value is 0.150. The number of benzene rings is 1. The molecule has 0 saturated carbocycles. The van der Waals surface area contributed by atoms with E-state index in [4.69, 9.17) is 5.26 Å². The van der Waals surface area contributed by atoms with Gasteiger partial charge in [0.2, 0.25) is 0 Å². The van der Waals surface area contributed by atoms with E-state index >= 15 is 0 Å². The summed E-state index contributed by atoms with van der Waals surface area (Å²) in [5.41, 5.74) is 1.03. The summed E-state index contributed by atoms with van der Waals surface area (Å²) in [7, 11) is 0. The maximum Gasteiger partial charge on any atom is 0.0732 e. The van der Waals surface area contributed by atoms with Gasteiger partial charge in [-0.15, -0.1) is 0 Å². The highest BCUT2D eigenvalue weighted by atomic mass is 79.9. The molecule has 0 amide bonds. The normalized spacial score (nSPS) is 12.2. The number of halogens is 3. The second kappa shape index (κ2) is 5.29. The molecule has 74 valence electrons. The van der Waals surface area contributed by atoms with Crippen molar-refractivity contribution in [3.05, 3.63) is 31.1 Å². The van der Waals surface area contributed by atoms with E-state index in [0.717, 1.165) is 25.4 Å². The minimum absolute atomic E-state index is 0.0631. The molecule has 0 bridgehead atoms. The lowest BCUT2D eigenvalue weighted by molar-refractivity contribution is 0.810. The van der Waals surface area contributed by atoms with Crippen molar-refractivity contribution < 1.29 is 0 Å². The molecule has 1 atom stereocenters. The fourth-order valence-electron chi connectivity index (χ4n) is 1.25. The second-order valence-electron chi connectivity index (χ2n) is 2.87. The van der Waals surface area contributed by atoms with Crippen LogP contribution in [0.2, 0.25) is 0 Å². The van der Waals surface area contributed by atoms with Crippen LogP contribution >= 0.6 is 47.8 Å². The van der Waals surface area contributed by atoms with Gasteiger partial charge in [-0.05, 0) is 24.1 Å². The Morgan fingerprint density at radius 1 is 1.29 bits per heavy atom. The average molecular weight is 382 g/mol. The lowest BCUT2D eigenvalue weighted by atomic mass is 9.98. The highest BCUT2D eigenvalue weighted by Crippen LogP contribution is 2.36. The van der Waals surface area contributed by atoms with Crippen molar-refractivity contribution >= 4 is 47.8 Å². The van der Waals surface area contributed by atoms with E-state index in [1.165, 1.54) is 0 Å². The van der Waals surface area contributed by atoms with Gasteiger partial charge in [0.15, 0.2) is 0 Å². The molecule has 4 heteroatoms. The Balaban J connectivity index is 3.28. The van der Waals surface area contributed by atoms with Crippen molar-refractivity contribution in [2.75, 3.05) is 0 Å².